The fraction of sp³-hybridized carbons (Fsp3) is 1.00. The van der Waals surface area contributed by atoms with Gasteiger partial charge in [0.15, 0.2) is 0 Å². The summed E-state index contributed by atoms with van der Waals surface area (Å²) in [5.41, 5.74) is 0.507. The van der Waals surface area contributed by atoms with E-state index in [2.05, 4.69) is 31.0 Å². The van der Waals surface area contributed by atoms with Crippen molar-refractivity contribution in [2.75, 3.05) is 19.6 Å². The van der Waals surface area contributed by atoms with Gasteiger partial charge in [0.2, 0.25) is 0 Å². The lowest BCUT2D eigenvalue weighted by molar-refractivity contribution is 0.123. The SMILES string of the molecule is CCN1CCCC(NC2CCCCC2(C)C)C1. The van der Waals surface area contributed by atoms with Crippen LogP contribution in [0.2, 0.25) is 0 Å². The van der Waals surface area contributed by atoms with E-state index in [1.54, 1.807) is 0 Å². The molecule has 17 heavy (non-hydrogen) atoms. The number of nitrogens with zero attached hydrogens (tertiary/aromatic N) is 1. The average Bonchev–Trinajstić information content (AvgIpc) is 2.32. The van der Waals surface area contributed by atoms with E-state index in [1.807, 2.05) is 0 Å². The van der Waals surface area contributed by atoms with Crippen molar-refractivity contribution in [2.45, 2.75) is 71.4 Å². The fourth-order valence-electron chi connectivity index (χ4n) is 3.57. The maximum absolute atomic E-state index is 3.97. The molecule has 0 spiro atoms. The summed E-state index contributed by atoms with van der Waals surface area (Å²) in [5.74, 6) is 0. The van der Waals surface area contributed by atoms with Gasteiger partial charge in [-0.3, -0.25) is 0 Å². The molecule has 1 aliphatic heterocycles. The number of hydrogen-bond donors (Lipinski definition) is 1. The van der Waals surface area contributed by atoms with Gasteiger partial charge in [0.05, 0.1) is 0 Å². The van der Waals surface area contributed by atoms with Crippen molar-refractivity contribution < 1.29 is 0 Å². The van der Waals surface area contributed by atoms with Crippen LogP contribution in [0.25, 0.3) is 0 Å². The number of likely N-dealkylation sites (N-methyl/N-ethyl adjacent to an activating group) is 1. The van der Waals surface area contributed by atoms with Crippen molar-refractivity contribution >= 4 is 0 Å². The minimum Gasteiger partial charge on any atom is -0.309 e. The Morgan fingerprint density at radius 3 is 2.71 bits per heavy atom. The molecule has 1 aliphatic carbocycles. The van der Waals surface area contributed by atoms with Crippen LogP contribution in [0.3, 0.4) is 0 Å². The van der Waals surface area contributed by atoms with Crippen LogP contribution in [0, 0.1) is 5.41 Å². The number of likely N-dealkylation sites (tertiary alicyclic amines) is 1. The second kappa shape index (κ2) is 5.71. The molecule has 1 N–H and O–H groups in total. The first-order valence-corrected chi connectivity index (χ1v) is 7.60. The van der Waals surface area contributed by atoms with Gasteiger partial charge in [-0.1, -0.05) is 33.6 Å². The van der Waals surface area contributed by atoms with Gasteiger partial charge >= 0.3 is 0 Å². The van der Waals surface area contributed by atoms with Gasteiger partial charge in [0.1, 0.15) is 0 Å². The molecule has 2 atom stereocenters. The van der Waals surface area contributed by atoms with E-state index in [4.69, 9.17) is 0 Å². The van der Waals surface area contributed by atoms with Gasteiger partial charge in [-0.15, -0.1) is 0 Å². The fourth-order valence-corrected chi connectivity index (χ4v) is 3.57. The molecule has 0 radical (unpaired) electrons. The third kappa shape index (κ3) is 3.45. The zero-order chi connectivity index (χ0) is 12.3. The quantitative estimate of drug-likeness (QED) is 0.813. The molecular weight excluding hydrogens is 208 g/mol. The standard InChI is InChI=1S/C15H30N2/c1-4-17-11-7-8-13(12-17)16-14-9-5-6-10-15(14,2)3/h13-14,16H,4-12H2,1-3H3. The Morgan fingerprint density at radius 1 is 1.18 bits per heavy atom. The predicted molar refractivity (Wildman–Crippen MR) is 74.3 cm³/mol. The van der Waals surface area contributed by atoms with Gasteiger partial charge in [-0.2, -0.15) is 0 Å². The summed E-state index contributed by atoms with van der Waals surface area (Å²) in [6.45, 7) is 11.0. The lowest BCUT2D eigenvalue weighted by atomic mass is 9.73. The molecule has 0 aromatic rings. The first-order chi connectivity index (χ1) is 8.12. The van der Waals surface area contributed by atoms with Crippen LogP contribution < -0.4 is 5.32 Å². The number of nitrogens with one attached hydrogen (secondary N) is 1. The molecule has 2 unspecified atom stereocenters. The average molecular weight is 238 g/mol. The molecule has 2 nitrogen and oxygen atoms in total. The molecule has 2 fully saturated rings. The highest BCUT2D eigenvalue weighted by atomic mass is 15.2. The van der Waals surface area contributed by atoms with Crippen LogP contribution in [0.4, 0.5) is 0 Å². The molecule has 100 valence electrons. The molecule has 2 aliphatic rings. The predicted octanol–water partition coefficient (Wildman–Crippen LogP) is 3.03. The van der Waals surface area contributed by atoms with E-state index >= 15 is 0 Å². The highest BCUT2D eigenvalue weighted by molar-refractivity contribution is 4.91. The van der Waals surface area contributed by atoms with Gasteiger partial charge in [-0.25, -0.2) is 0 Å². The summed E-state index contributed by atoms with van der Waals surface area (Å²) in [6.07, 6.45) is 8.38. The van der Waals surface area contributed by atoms with E-state index < -0.39 is 0 Å². The zero-order valence-electron chi connectivity index (χ0n) is 12.0. The van der Waals surface area contributed by atoms with E-state index in [1.165, 1.54) is 58.2 Å². The lowest BCUT2D eigenvalue weighted by Gasteiger charge is -2.43. The molecule has 1 saturated carbocycles. The summed E-state index contributed by atoms with van der Waals surface area (Å²) >= 11 is 0. The lowest BCUT2D eigenvalue weighted by Crippen LogP contribution is -2.53. The molecule has 0 aromatic heterocycles. The van der Waals surface area contributed by atoms with Crippen LogP contribution in [0.1, 0.15) is 59.3 Å². The third-order valence-electron chi connectivity index (χ3n) is 4.90. The monoisotopic (exact) mass is 238 g/mol. The summed E-state index contributed by atoms with van der Waals surface area (Å²) in [4.78, 5) is 2.59. The molecule has 0 bridgehead atoms. The summed E-state index contributed by atoms with van der Waals surface area (Å²) in [7, 11) is 0. The molecule has 1 heterocycles. The Balaban J connectivity index is 1.86. The first kappa shape index (κ1) is 13.4. The minimum atomic E-state index is 0.507. The Morgan fingerprint density at radius 2 is 2.00 bits per heavy atom. The second-order valence-electron chi connectivity index (χ2n) is 6.69. The first-order valence-electron chi connectivity index (χ1n) is 7.60. The molecule has 0 amide bonds. The van der Waals surface area contributed by atoms with Crippen LogP contribution in [-0.2, 0) is 0 Å². The van der Waals surface area contributed by atoms with Gasteiger partial charge in [0.25, 0.3) is 0 Å². The maximum Gasteiger partial charge on any atom is 0.0198 e. The Kier molecular flexibility index (Phi) is 4.48. The third-order valence-corrected chi connectivity index (χ3v) is 4.90. The molecule has 2 rings (SSSR count). The van der Waals surface area contributed by atoms with Crippen molar-refractivity contribution in [3.05, 3.63) is 0 Å². The molecular formula is C15H30N2. The molecule has 2 heteroatoms. The van der Waals surface area contributed by atoms with E-state index in [-0.39, 0.29) is 0 Å². The number of piperidine rings is 1. The minimum absolute atomic E-state index is 0.507. The number of rotatable bonds is 3. The van der Waals surface area contributed by atoms with E-state index in [0.717, 1.165) is 12.1 Å². The van der Waals surface area contributed by atoms with Gasteiger partial charge < -0.3 is 10.2 Å². The van der Waals surface area contributed by atoms with Crippen molar-refractivity contribution in [1.82, 2.24) is 10.2 Å². The van der Waals surface area contributed by atoms with Gasteiger partial charge in [0, 0.05) is 18.6 Å². The Bertz CT molecular complexity index is 237. The van der Waals surface area contributed by atoms with Crippen LogP contribution in [-0.4, -0.2) is 36.6 Å². The van der Waals surface area contributed by atoms with Crippen molar-refractivity contribution in [3.8, 4) is 0 Å². The molecule has 0 aromatic carbocycles. The zero-order valence-corrected chi connectivity index (χ0v) is 12.0. The van der Waals surface area contributed by atoms with Crippen LogP contribution in [0.5, 0.6) is 0 Å². The second-order valence-corrected chi connectivity index (χ2v) is 6.69. The Labute approximate surface area is 107 Å². The van der Waals surface area contributed by atoms with E-state index in [0.29, 0.717) is 5.41 Å². The van der Waals surface area contributed by atoms with Crippen molar-refractivity contribution in [2.24, 2.45) is 5.41 Å². The van der Waals surface area contributed by atoms with Crippen molar-refractivity contribution in [1.29, 1.82) is 0 Å². The molecule has 1 saturated heterocycles. The maximum atomic E-state index is 3.97. The van der Waals surface area contributed by atoms with Crippen molar-refractivity contribution in [3.63, 3.8) is 0 Å². The topological polar surface area (TPSA) is 15.3 Å². The Hall–Kier alpha value is -0.0800. The number of hydrogen-bond acceptors (Lipinski definition) is 2. The van der Waals surface area contributed by atoms with Gasteiger partial charge in [-0.05, 0) is 44.2 Å². The summed E-state index contributed by atoms with van der Waals surface area (Å²) in [6, 6.07) is 1.49. The smallest absolute Gasteiger partial charge is 0.0198 e. The van der Waals surface area contributed by atoms with Crippen LogP contribution >= 0.6 is 0 Å². The van der Waals surface area contributed by atoms with E-state index in [9.17, 15) is 0 Å². The normalized spacial score (nSPS) is 34.8. The summed E-state index contributed by atoms with van der Waals surface area (Å²) in [5, 5.41) is 3.97. The highest BCUT2D eigenvalue weighted by Gasteiger charge is 2.34. The largest absolute Gasteiger partial charge is 0.309 e. The summed E-state index contributed by atoms with van der Waals surface area (Å²) < 4.78 is 0. The van der Waals surface area contributed by atoms with Crippen LogP contribution in [0.15, 0.2) is 0 Å². The highest BCUT2D eigenvalue weighted by Crippen LogP contribution is 2.36.